The Labute approximate surface area is 208 Å². The van der Waals surface area contributed by atoms with Crippen LogP contribution >= 0.6 is 0 Å². The first-order chi connectivity index (χ1) is 17.5. The van der Waals surface area contributed by atoms with Crippen molar-refractivity contribution in [1.29, 1.82) is 0 Å². The van der Waals surface area contributed by atoms with Crippen LogP contribution in [-0.2, 0) is 17.0 Å². The minimum atomic E-state index is -1.92. The molecule has 0 bridgehead atoms. The van der Waals surface area contributed by atoms with Gasteiger partial charge in [-0.15, -0.1) is 0 Å². The van der Waals surface area contributed by atoms with Gasteiger partial charge in [-0.1, -0.05) is 72.8 Å². The van der Waals surface area contributed by atoms with E-state index in [0.717, 1.165) is 5.56 Å². The number of nitrogens with zero attached hydrogens (tertiary/aromatic N) is 1. The number of rotatable bonds is 9. The first-order valence-corrected chi connectivity index (χ1v) is 11.2. The lowest BCUT2D eigenvalue weighted by Gasteiger charge is -2.27. The number of benzene rings is 4. The quantitative estimate of drug-likeness (QED) is 0.264. The van der Waals surface area contributed by atoms with Gasteiger partial charge in [0.2, 0.25) is 0 Å². The van der Waals surface area contributed by atoms with E-state index in [1.165, 1.54) is 25.5 Å². The molecule has 0 radical (unpaired) electrons. The molecule has 4 aromatic rings. The maximum atomic E-state index is 13.1. The summed E-state index contributed by atoms with van der Waals surface area (Å²) in [7, 11) is 1.52. The highest BCUT2D eigenvalue weighted by Gasteiger charge is 2.39. The summed E-state index contributed by atoms with van der Waals surface area (Å²) in [5, 5.41) is 15.5. The van der Waals surface area contributed by atoms with Crippen molar-refractivity contribution in [1.82, 2.24) is 5.43 Å². The van der Waals surface area contributed by atoms with E-state index in [4.69, 9.17) is 9.47 Å². The van der Waals surface area contributed by atoms with Crippen molar-refractivity contribution in [3.8, 4) is 11.5 Å². The third-order valence-corrected chi connectivity index (χ3v) is 5.59. The SMILES string of the molecule is COc1cc(/C=N\NC(=O)C(O)(c2ccccc2)c2ccccc2)ccc1OCc1ccc(F)cc1. The molecule has 0 aliphatic rings. The van der Waals surface area contributed by atoms with E-state index >= 15 is 0 Å². The first-order valence-electron chi connectivity index (χ1n) is 11.2. The summed E-state index contributed by atoms with van der Waals surface area (Å²) < 4.78 is 24.3. The van der Waals surface area contributed by atoms with Gasteiger partial charge in [-0.25, -0.2) is 9.82 Å². The Hall–Kier alpha value is -4.49. The molecule has 6 nitrogen and oxygen atoms in total. The Morgan fingerprint density at radius 2 is 1.53 bits per heavy atom. The average molecular weight is 485 g/mol. The maximum Gasteiger partial charge on any atom is 0.281 e. The van der Waals surface area contributed by atoms with Crippen molar-refractivity contribution in [3.63, 3.8) is 0 Å². The largest absolute Gasteiger partial charge is 0.493 e. The van der Waals surface area contributed by atoms with Crippen LogP contribution in [0.2, 0.25) is 0 Å². The Morgan fingerprint density at radius 1 is 0.917 bits per heavy atom. The molecule has 4 rings (SSSR count). The number of amides is 1. The van der Waals surface area contributed by atoms with Crippen molar-refractivity contribution in [2.45, 2.75) is 12.2 Å². The summed E-state index contributed by atoms with van der Waals surface area (Å²) in [6.07, 6.45) is 1.45. The minimum Gasteiger partial charge on any atom is -0.493 e. The number of nitrogens with one attached hydrogen (secondary N) is 1. The Kier molecular flexibility index (Phi) is 7.72. The molecule has 182 valence electrons. The highest BCUT2D eigenvalue weighted by molar-refractivity contribution is 5.91. The molecule has 1 amide bonds. The Bertz CT molecular complexity index is 1290. The number of hydrogen-bond donors (Lipinski definition) is 2. The molecular weight excluding hydrogens is 459 g/mol. The van der Waals surface area contributed by atoms with Crippen LogP contribution in [0.1, 0.15) is 22.3 Å². The number of ether oxygens (including phenoxy) is 2. The zero-order valence-electron chi connectivity index (χ0n) is 19.6. The summed E-state index contributed by atoms with van der Waals surface area (Å²) in [5.41, 5.74) is 2.84. The van der Waals surface area contributed by atoms with Gasteiger partial charge < -0.3 is 14.6 Å². The summed E-state index contributed by atoms with van der Waals surface area (Å²) in [5.74, 6) is -0.0246. The van der Waals surface area contributed by atoms with Gasteiger partial charge in [0.15, 0.2) is 17.1 Å². The van der Waals surface area contributed by atoms with Crippen LogP contribution in [0, 0.1) is 5.82 Å². The highest BCUT2D eigenvalue weighted by atomic mass is 19.1. The fourth-order valence-corrected chi connectivity index (χ4v) is 3.66. The van der Waals surface area contributed by atoms with Crippen LogP contribution in [0.3, 0.4) is 0 Å². The minimum absolute atomic E-state index is 0.248. The second kappa shape index (κ2) is 11.3. The van der Waals surface area contributed by atoms with Gasteiger partial charge in [0.25, 0.3) is 5.91 Å². The van der Waals surface area contributed by atoms with E-state index in [-0.39, 0.29) is 12.4 Å². The zero-order chi connectivity index (χ0) is 25.4. The molecule has 0 spiro atoms. The second-order valence-corrected chi connectivity index (χ2v) is 7.97. The lowest BCUT2D eigenvalue weighted by Crippen LogP contribution is -2.43. The predicted molar refractivity (Wildman–Crippen MR) is 135 cm³/mol. The Balaban J connectivity index is 1.48. The lowest BCUT2D eigenvalue weighted by atomic mass is 9.85. The number of hydrogen-bond acceptors (Lipinski definition) is 5. The van der Waals surface area contributed by atoms with E-state index in [1.807, 2.05) is 12.1 Å². The molecule has 0 saturated heterocycles. The summed E-state index contributed by atoms with van der Waals surface area (Å²) in [6, 6.07) is 28.6. The molecule has 0 aromatic heterocycles. The molecule has 7 heteroatoms. The van der Waals surface area contributed by atoms with Gasteiger partial charge in [-0.3, -0.25) is 4.79 Å². The van der Waals surface area contributed by atoms with Crippen LogP contribution in [0.4, 0.5) is 4.39 Å². The molecule has 2 N–H and O–H groups in total. The van der Waals surface area contributed by atoms with Gasteiger partial charge in [-0.2, -0.15) is 5.10 Å². The van der Waals surface area contributed by atoms with Crippen LogP contribution < -0.4 is 14.9 Å². The molecule has 0 aliphatic heterocycles. The van der Waals surface area contributed by atoms with E-state index in [0.29, 0.717) is 28.2 Å². The number of aliphatic hydroxyl groups is 1. The van der Waals surface area contributed by atoms with Crippen molar-refractivity contribution >= 4 is 12.1 Å². The average Bonchev–Trinajstić information content (AvgIpc) is 2.93. The first kappa shape index (κ1) is 24.6. The zero-order valence-corrected chi connectivity index (χ0v) is 19.6. The number of methoxy groups -OCH3 is 1. The molecular formula is C29H25FN2O4. The lowest BCUT2D eigenvalue weighted by molar-refractivity contribution is -0.136. The van der Waals surface area contributed by atoms with E-state index < -0.39 is 11.5 Å². The molecule has 0 unspecified atom stereocenters. The van der Waals surface area contributed by atoms with Gasteiger partial charge in [0, 0.05) is 0 Å². The van der Waals surface area contributed by atoms with Gasteiger partial charge in [0.05, 0.1) is 13.3 Å². The topological polar surface area (TPSA) is 80.2 Å². The molecule has 4 aromatic carbocycles. The van der Waals surface area contributed by atoms with Crippen molar-refractivity contribution < 1.29 is 23.8 Å². The Morgan fingerprint density at radius 3 is 2.11 bits per heavy atom. The summed E-state index contributed by atoms with van der Waals surface area (Å²) in [4.78, 5) is 13.1. The monoisotopic (exact) mass is 484 g/mol. The number of hydrazone groups is 1. The molecule has 36 heavy (non-hydrogen) atoms. The summed E-state index contributed by atoms with van der Waals surface area (Å²) in [6.45, 7) is 0.248. The maximum absolute atomic E-state index is 13.1. The third-order valence-electron chi connectivity index (χ3n) is 5.59. The van der Waals surface area contributed by atoms with Crippen molar-refractivity contribution in [3.05, 3.63) is 131 Å². The van der Waals surface area contributed by atoms with E-state index in [2.05, 4.69) is 10.5 Å². The molecule has 0 saturated carbocycles. The predicted octanol–water partition coefficient (Wildman–Crippen LogP) is 4.80. The molecule has 0 fully saturated rings. The van der Waals surface area contributed by atoms with E-state index in [1.54, 1.807) is 78.9 Å². The fourth-order valence-electron chi connectivity index (χ4n) is 3.66. The van der Waals surface area contributed by atoms with E-state index in [9.17, 15) is 14.3 Å². The third kappa shape index (κ3) is 5.59. The van der Waals surface area contributed by atoms with Gasteiger partial charge in [0.1, 0.15) is 12.4 Å². The van der Waals surface area contributed by atoms with Crippen LogP contribution in [-0.4, -0.2) is 24.3 Å². The number of halogens is 1. The second-order valence-electron chi connectivity index (χ2n) is 7.97. The molecule has 0 aliphatic carbocycles. The van der Waals surface area contributed by atoms with Crippen LogP contribution in [0.25, 0.3) is 0 Å². The normalized spacial score (nSPS) is 11.3. The standard InChI is InChI=1S/C29H25FN2O4/c1-35-27-18-22(14-17-26(27)36-20-21-12-15-25(30)16-13-21)19-31-32-28(33)29(34,23-8-4-2-5-9-23)24-10-6-3-7-11-24/h2-19,34H,20H2,1H3,(H,32,33)/b31-19-. The van der Waals surface area contributed by atoms with Crippen LogP contribution in [0.5, 0.6) is 11.5 Å². The number of carbonyl (C=O) groups excluding carboxylic acids is 1. The smallest absolute Gasteiger partial charge is 0.281 e. The summed E-state index contributed by atoms with van der Waals surface area (Å²) >= 11 is 0. The molecule has 0 heterocycles. The highest BCUT2D eigenvalue weighted by Crippen LogP contribution is 2.30. The fraction of sp³-hybridized carbons (Fsp3) is 0.103. The molecule has 0 atom stereocenters. The van der Waals surface area contributed by atoms with Gasteiger partial charge >= 0.3 is 0 Å². The van der Waals surface area contributed by atoms with Crippen molar-refractivity contribution in [2.75, 3.05) is 7.11 Å². The number of carbonyl (C=O) groups is 1. The van der Waals surface area contributed by atoms with Gasteiger partial charge in [-0.05, 0) is 52.6 Å². The van der Waals surface area contributed by atoms with Crippen LogP contribution in [0.15, 0.2) is 108 Å². The van der Waals surface area contributed by atoms with Crippen molar-refractivity contribution in [2.24, 2.45) is 5.10 Å².